The normalized spacial score (nSPS) is 17.6. The number of benzene rings is 1. The van der Waals surface area contributed by atoms with E-state index in [1.807, 2.05) is 12.1 Å². The van der Waals surface area contributed by atoms with Crippen molar-refractivity contribution in [2.24, 2.45) is 5.92 Å². The average molecular weight is 406 g/mol. The molecule has 8 nitrogen and oxygen atoms in total. The number of nitrogens with one attached hydrogen (secondary N) is 1. The van der Waals surface area contributed by atoms with Crippen LogP contribution in [0.1, 0.15) is 39.2 Å². The Kier molecular flexibility index (Phi) is 7.47. The van der Waals surface area contributed by atoms with Gasteiger partial charge in [-0.15, -0.1) is 0 Å². The Labute approximate surface area is 171 Å². The summed E-state index contributed by atoms with van der Waals surface area (Å²) in [6, 6.07) is 4.70. The van der Waals surface area contributed by atoms with Crippen LogP contribution in [0, 0.1) is 5.92 Å². The highest BCUT2D eigenvalue weighted by Crippen LogP contribution is 2.29. The smallest absolute Gasteiger partial charge is 0.408 e. The highest BCUT2D eigenvalue weighted by Gasteiger charge is 2.34. The molecule has 0 aliphatic carbocycles. The van der Waals surface area contributed by atoms with Gasteiger partial charge in [-0.25, -0.2) is 4.79 Å². The van der Waals surface area contributed by atoms with Crippen molar-refractivity contribution in [1.29, 1.82) is 0 Å². The summed E-state index contributed by atoms with van der Waals surface area (Å²) < 4.78 is 15.8. The first-order chi connectivity index (χ1) is 13.7. The number of methoxy groups -OCH3 is 2. The lowest BCUT2D eigenvalue weighted by Crippen LogP contribution is -2.41. The third-order valence-electron chi connectivity index (χ3n) is 4.67. The molecule has 0 bridgehead atoms. The van der Waals surface area contributed by atoms with Crippen molar-refractivity contribution >= 4 is 18.3 Å². The summed E-state index contributed by atoms with van der Waals surface area (Å²) in [6.07, 6.45) is 0.849. The van der Waals surface area contributed by atoms with Crippen molar-refractivity contribution < 1.29 is 28.6 Å². The van der Waals surface area contributed by atoms with Crippen LogP contribution < -0.4 is 14.8 Å². The van der Waals surface area contributed by atoms with Crippen LogP contribution in [0.15, 0.2) is 18.2 Å². The fourth-order valence-electron chi connectivity index (χ4n) is 3.28. The number of likely N-dealkylation sites (tertiary alicyclic amines) is 1. The fraction of sp³-hybridized carbons (Fsp3) is 0.571. The number of carbonyl (C=O) groups is 3. The Bertz CT molecular complexity index is 743. The van der Waals surface area contributed by atoms with Crippen LogP contribution >= 0.6 is 0 Å². The topological polar surface area (TPSA) is 94.2 Å². The van der Waals surface area contributed by atoms with Gasteiger partial charge in [0, 0.05) is 30.6 Å². The molecule has 29 heavy (non-hydrogen) atoms. The molecule has 0 aromatic heterocycles. The van der Waals surface area contributed by atoms with E-state index < -0.39 is 17.7 Å². The fourth-order valence-corrected chi connectivity index (χ4v) is 3.28. The number of amides is 2. The molecule has 2 amide bonds. The lowest BCUT2D eigenvalue weighted by atomic mass is 9.99. The molecule has 1 saturated heterocycles. The van der Waals surface area contributed by atoms with E-state index >= 15 is 0 Å². The minimum absolute atomic E-state index is 0.0410. The number of alkyl carbamates (subject to hydrolysis) is 1. The molecular weight excluding hydrogens is 376 g/mol. The Balaban J connectivity index is 1.97. The van der Waals surface area contributed by atoms with Gasteiger partial charge in [-0.05, 0) is 45.7 Å². The molecule has 1 N–H and O–H groups in total. The number of rotatable bonds is 8. The second kappa shape index (κ2) is 9.62. The molecule has 1 aliphatic heterocycles. The number of ether oxygens (including phenoxy) is 3. The highest BCUT2D eigenvalue weighted by atomic mass is 16.6. The molecule has 0 spiro atoms. The lowest BCUT2D eigenvalue weighted by molar-refractivity contribution is -0.131. The molecule has 1 heterocycles. The van der Waals surface area contributed by atoms with Gasteiger partial charge in [0.1, 0.15) is 23.4 Å². The molecule has 1 aromatic rings. The number of nitrogens with zero attached hydrogens (tertiary/aromatic N) is 1. The Morgan fingerprint density at radius 2 is 2.03 bits per heavy atom. The monoisotopic (exact) mass is 406 g/mol. The summed E-state index contributed by atoms with van der Waals surface area (Å²) in [5.74, 6) is 0.960. The van der Waals surface area contributed by atoms with Crippen LogP contribution in [0.4, 0.5) is 4.79 Å². The number of aldehydes is 1. The average Bonchev–Trinajstić information content (AvgIpc) is 2.99. The van der Waals surface area contributed by atoms with Crippen LogP contribution in [0.2, 0.25) is 0 Å². The molecule has 2 atom stereocenters. The van der Waals surface area contributed by atoms with Gasteiger partial charge in [-0.1, -0.05) is 0 Å². The van der Waals surface area contributed by atoms with Crippen molar-refractivity contribution in [3.8, 4) is 11.5 Å². The van der Waals surface area contributed by atoms with Crippen LogP contribution in [0.25, 0.3) is 0 Å². The first-order valence-corrected chi connectivity index (χ1v) is 9.61. The summed E-state index contributed by atoms with van der Waals surface area (Å²) in [6.45, 7) is 6.22. The predicted octanol–water partition coefficient (Wildman–Crippen LogP) is 2.53. The molecule has 2 unspecified atom stereocenters. The lowest BCUT2D eigenvalue weighted by Gasteiger charge is -2.22. The molecule has 1 aliphatic rings. The van der Waals surface area contributed by atoms with E-state index in [-0.39, 0.29) is 18.2 Å². The number of hydrogen-bond acceptors (Lipinski definition) is 6. The van der Waals surface area contributed by atoms with Gasteiger partial charge in [-0.3, -0.25) is 4.79 Å². The van der Waals surface area contributed by atoms with Crippen molar-refractivity contribution in [2.45, 2.75) is 51.8 Å². The van der Waals surface area contributed by atoms with Gasteiger partial charge < -0.3 is 29.2 Å². The van der Waals surface area contributed by atoms with Crippen LogP contribution in [-0.2, 0) is 20.9 Å². The van der Waals surface area contributed by atoms with E-state index in [9.17, 15) is 14.4 Å². The second-order valence-corrected chi connectivity index (χ2v) is 8.05. The summed E-state index contributed by atoms with van der Waals surface area (Å²) in [4.78, 5) is 37.8. The zero-order valence-corrected chi connectivity index (χ0v) is 17.7. The van der Waals surface area contributed by atoms with E-state index in [1.165, 1.54) is 0 Å². The molecule has 0 saturated carbocycles. The van der Waals surface area contributed by atoms with Gasteiger partial charge >= 0.3 is 6.09 Å². The first-order valence-electron chi connectivity index (χ1n) is 9.61. The van der Waals surface area contributed by atoms with Crippen LogP contribution in [0.5, 0.6) is 11.5 Å². The SMILES string of the molecule is COc1ccc(CN2CCC(CC(C=O)NC(=O)OC(C)(C)C)C2=O)c(OC)c1. The van der Waals surface area contributed by atoms with Crippen molar-refractivity contribution in [3.63, 3.8) is 0 Å². The molecular formula is C21H30N2O6. The zero-order chi connectivity index (χ0) is 21.6. The Morgan fingerprint density at radius 1 is 1.31 bits per heavy atom. The summed E-state index contributed by atoms with van der Waals surface area (Å²) in [7, 11) is 3.15. The van der Waals surface area contributed by atoms with E-state index in [2.05, 4.69) is 5.32 Å². The Morgan fingerprint density at radius 3 is 2.62 bits per heavy atom. The van der Waals surface area contributed by atoms with Crippen molar-refractivity contribution in [1.82, 2.24) is 10.2 Å². The third-order valence-corrected chi connectivity index (χ3v) is 4.67. The van der Waals surface area contributed by atoms with Gasteiger partial charge in [0.2, 0.25) is 5.91 Å². The summed E-state index contributed by atoms with van der Waals surface area (Å²) in [5, 5.41) is 2.53. The molecule has 0 radical (unpaired) electrons. The van der Waals surface area contributed by atoms with E-state index in [0.29, 0.717) is 37.3 Å². The highest BCUT2D eigenvalue weighted by molar-refractivity contribution is 5.82. The number of carbonyl (C=O) groups excluding carboxylic acids is 3. The summed E-state index contributed by atoms with van der Waals surface area (Å²) in [5.41, 5.74) is 0.218. The molecule has 1 aromatic carbocycles. The Hall–Kier alpha value is -2.77. The molecule has 1 fully saturated rings. The van der Waals surface area contributed by atoms with Gasteiger partial charge in [0.15, 0.2) is 0 Å². The third kappa shape index (κ3) is 6.37. The van der Waals surface area contributed by atoms with Crippen molar-refractivity contribution in [2.75, 3.05) is 20.8 Å². The zero-order valence-electron chi connectivity index (χ0n) is 17.7. The maximum atomic E-state index is 12.8. The van der Waals surface area contributed by atoms with E-state index in [0.717, 1.165) is 5.56 Å². The molecule has 8 heteroatoms. The first kappa shape index (κ1) is 22.5. The van der Waals surface area contributed by atoms with Crippen LogP contribution in [-0.4, -0.2) is 55.6 Å². The number of hydrogen-bond donors (Lipinski definition) is 1. The quantitative estimate of drug-likeness (QED) is 0.667. The maximum Gasteiger partial charge on any atom is 0.408 e. The minimum Gasteiger partial charge on any atom is -0.497 e. The van der Waals surface area contributed by atoms with E-state index in [1.54, 1.807) is 46.0 Å². The minimum atomic E-state index is -0.769. The summed E-state index contributed by atoms with van der Waals surface area (Å²) >= 11 is 0. The molecule has 2 rings (SSSR count). The van der Waals surface area contributed by atoms with Crippen LogP contribution in [0.3, 0.4) is 0 Å². The van der Waals surface area contributed by atoms with Gasteiger partial charge in [-0.2, -0.15) is 0 Å². The van der Waals surface area contributed by atoms with Gasteiger partial charge in [0.25, 0.3) is 0 Å². The maximum absolute atomic E-state index is 12.8. The van der Waals surface area contributed by atoms with Gasteiger partial charge in [0.05, 0.1) is 20.3 Å². The standard InChI is InChI=1S/C21H30N2O6/c1-21(2,3)29-20(26)22-16(13-24)10-14-8-9-23(19(14)25)12-15-6-7-17(27-4)11-18(15)28-5/h6-7,11,13-14,16H,8-10,12H2,1-5H3,(H,22,26). The molecule has 160 valence electrons. The predicted molar refractivity (Wildman–Crippen MR) is 107 cm³/mol. The van der Waals surface area contributed by atoms with E-state index in [4.69, 9.17) is 14.2 Å². The largest absolute Gasteiger partial charge is 0.497 e. The second-order valence-electron chi connectivity index (χ2n) is 8.05. The van der Waals surface area contributed by atoms with Crippen molar-refractivity contribution in [3.05, 3.63) is 23.8 Å².